The van der Waals surface area contributed by atoms with Gasteiger partial charge in [0.05, 0.1) is 18.7 Å². The highest BCUT2D eigenvalue weighted by Gasteiger charge is 2.19. The van der Waals surface area contributed by atoms with Crippen LogP contribution in [-0.2, 0) is 4.79 Å². The minimum atomic E-state index is -0.525. The van der Waals surface area contributed by atoms with Crippen LogP contribution in [0, 0.1) is 5.92 Å². The van der Waals surface area contributed by atoms with Crippen LogP contribution in [0.5, 0.6) is 0 Å². The first-order valence-electron chi connectivity index (χ1n) is 6.26. The Labute approximate surface area is 108 Å². The van der Waals surface area contributed by atoms with Crippen molar-refractivity contribution in [3.8, 4) is 0 Å². The third-order valence-corrected chi connectivity index (χ3v) is 2.76. The summed E-state index contributed by atoms with van der Waals surface area (Å²) in [6, 6.07) is 8.46. The molecule has 0 heterocycles. The molecule has 0 aliphatic heterocycles. The Morgan fingerprint density at radius 2 is 1.94 bits per heavy atom. The molecule has 0 aliphatic carbocycles. The number of nitrogens with two attached hydrogens (primary N) is 1. The minimum absolute atomic E-state index is 0.135. The van der Waals surface area contributed by atoms with Crippen LogP contribution in [0.3, 0.4) is 0 Å². The van der Waals surface area contributed by atoms with Gasteiger partial charge in [0.2, 0.25) is 5.91 Å². The lowest BCUT2D eigenvalue weighted by Crippen LogP contribution is -2.43. The van der Waals surface area contributed by atoms with Gasteiger partial charge in [-0.2, -0.15) is 0 Å². The first-order chi connectivity index (χ1) is 8.54. The van der Waals surface area contributed by atoms with Crippen LogP contribution in [0.4, 0.5) is 0 Å². The number of aliphatic hydroxyl groups excluding tert-OH is 1. The summed E-state index contributed by atoms with van der Waals surface area (Å²) in [5, 5.41) is 12.1. The summed E-state index contributed by atoms with van der Waals surface area (Å²) in [5.74, 6) is 0.154. The van der Waals surface area contributed by atoms with E-state index in [4.69, 9.17) is 5.73 Å². The normalized spacial score (nSPS) is 14.3. The van der Waals surface area contributed by atoms with Crippen LogP contribution in [0.15, 0.2) is 30.3 Å². The molecule has 100 valence electrons. The highest BCUT2D eigenvalue weighted by Crippen LogP contribution is 2.12. The molecule has 0 saturated carbocycles. The summed E-state index contributed by atoms with van der Waals surface area (Å²) in [6.07, 6.45) is 0.638. The molecule has 0 fully saturated rings. The fraction of sp³-hybridized carbons (Fsp3) is 0.500. The maximum Gasteiger partial charge on any atom is 0.237 e. The summed E-state index contributed by atoms with van der Waals surface area (Å²) in [5.41, 5.74) is 6.69. The molecule has 2 atom stereocenters. The lowest BCUT2D eigenvalue weighted by molar-refractivity contribution is -0.123. The number of benzene rings is 1. The second-order valence-corrected chi connectivity index (χ2v) is 4.89. The molecular weight excluding hydrogens is 228 g/mol. The maximum absolute atomic E-state index is 11.9. The number of hydrogen-bond acceptors (Lipinski definition) is 3. The van der Waals surface area contributed by atoms with E-state index in [0.717, 1.165) is 5.56 Å². The monoisotopic (exact) mass is 250 g/mol. The lowest BCUT2D eigenvalue weighted by atomic mass is 10.0. The molecular formula is C14H22N2O2. The van der Waals surface area contributed by atoms with Crippen molar-refractivity contribution >= 4 is 5.91 Å². The van der Waals surface area contributed by atoms with Gasteiger partial charge in [0.15, 0.2) is 0 Å². The highest BCUT2D eigenvalue weighted by atomic mass is 16.3. The van der Waals surface area contributed by atoms with Crippen molar-refractivity contribution in [2.45, 2.75) is 32.4 Å². The van der Waals surface area contributed by atoms with Crippen molar-refractivity contribution < 1.29 is 9.90 Å². The molecule has 4 N–H and O–H groups in total. The Bertz CT molecular complexity index is 365. The van der Waals surface area contributed by atoms with E-state index in [1.807, 2.05) is 44.2 Å². The Kier molecular flexibility index (Phi) is 5.82. The molecule has 0 aliphatic rings. The van der Waals surface area contributed by atoms with Crippen molar-refractivity contribution in [1.29, 1.82) is 0 Å². The van der Waals surface area contributed by atoms with Gasteiger partial charge in [-0.15, -0.1) is 0 Å². The Morgan fingerprint density at radius 1 is 1.33 bits per heavy atom. The van der Waals surface area contributed by atoms with Crippen molar-refractivity contribution in [2.24, 2.45) is 11.7 Å². The number of amides is 1. The summed E-state index contributed by atoms with van der Waals surface area (Å²) in [4.78, 5) is 11.9. The molecule has 1 rings (SSSR count). The second-order valence-electron chi connectivity index (χ2n) is 4.89. The number of aliphatic hydroxyl groups is 1. The van der Waals surface area contributed by atoms with Crippen molar-refractivity contribution in [3.05, 3.63) is 35.9 Å². The zero-order valence-electron chi connectivity index (χ0n) is 11.0. The number of hydrogen-bond donors (Lipinski definition) is 3. The molecule has 4 nitrogen and oxygen atoms in total. The zero-order valence-corrected chi connectivity index (χ0v) is 11.0. The van der Waals surface area contributed by atoms with Gasteiger partial charge in [0.1, 0.15) is 0 Å². The second kappa shape index (κ2) is 7.13. The van der Waals surface area contributed by atoms with Gasteiger partial charge in [-0.3, -0.25) is 4.79 Å². The third-order valence-electron chi connectivity index (χ3n) is 2.76. The van der Waals surface area contributed by atoms with E-state index < -0.39 is 12.1 Å². The number of carbonyl (C=O) groups excluding carboxylic acids is 1. The Hall–Kier alpha value is -1.39. The van der Waals surface area contributed by atoms with E-state index >= 15 is 0 Å². The largest absolute Gasteiger partial charge is 0.394 e. The van der Waals surface area contributed by atoms with Crippen LogP contribution in [0.25, 0.3) is 0 Å². The van der Waals surface area contributed by atoms with E-state index in [0.29, 0.717) is 12.3 Å². The minimum Gasteiger partial charge on any atom is -0.394 e. The zero-order chi connectivity index (χ0) is 13.5. The maximum atomic E-state index is 11.9. The highest BCUT2D eigenvalue weighted by molar-refractivity contribution is 5.81. The van der Waals surface area contributed by atoms with Crippen LogP contribution >= 0.6 is 0 Å². The van der Waals surface area contributed by atoms with Crippen molar-refractivity contribution in [2.75, 3.05) is 6.61 Å². The smallest absolute Gasteiger partial charge is 0.237 e. The average Bonchev–Trinajstić information content (AvgIpc) is 2.35. The van der Waals surface area contributed by atoms with Gasteiger partial charge in [-0.05, 0) is 17.9 Å². The molecule has 0 unspecified atom stereocenters. The quantitative estimate of drug-likeness (QED) is 0.710. The topological polar surface area (TPSA) is 75.4 Å². The van der Waals surface area contributed by atoms with E-state index in [1.165, 1.54) is 0 Å². The van der Waals surface area contributed by atoms with Gasteiger partial charge >= 0.3 is 0 Å². The predicted octanol–water partition coefficient (Wildman–Crippen LogP) is 1.21. The molecule has 0 radical (unpaired) electrons. The molecule has 0 bridgehead atoms. The molecule has 1 aromatic rings. The van der Waals surface area contributed by atoms with Gasteiger partial charge < -0.3 is 16.2 Å². The van der Waals surface area contributed by atoms with E-state index in [1.54, 1.807) is 0 Å². The lowest BCUT2D eigenvalue weighted by Gasteiger charge is -2.20. The Balaban J connectivity index is 2.61. The molecule has 0 aromatic heterocycles. The summed E-state index contributed by atoms with van der Waals surface area (Å²) < 4.78 is 0. The Morgan fingerprint density at radius 3 is 2.44 bits per heavy atom. The molecule has 0 saturated heterocycles. The van der Waals surface area contributed by atoms with E-state index in [-0.39, 0.29) is 12.5 Å². The third kappa shape index (κ3) is 4.47. The van der Waals surface area contributed by atoms with Gasteiger partial charge in [0, 0.05) is 0 Å². The van der Waals surface area contributed by atoms with Crippen LogP contribution in [-0.4, -0.2) is 23.7 Å². The summed E-state index contributed by atoms with van der Waals surface area (Å²) >= 11 is 0. The fourth-order valence-corrected chi connectivity index (χ4v) is 1.81. The number of rotatable bonds is 6. The van der Waals surface area contributed by atoms with Gasteiger partial charge in [0.25, 0.3) is 0 Å². The average molecular weight is 250 g/mol. The van der Waals surface area contributed by atoms with E-state index in [9.17, 15) is 9.90 Å². The van der Waals surface area contributed by atoms with Crippen LogP contribution in [0.1, 0.15) is 31.9 Å². The van der Waals surface area contributed by atoms with Crippen molar-refractivity contribution in [1.82, 2.24) is 5.32 Å². The summed E-state index contributed by atoms with van der Waals surface area (Å²) in [7, 11) is 0. The van der Waals surface area contributed by atoms with Gasteiger partial charge in [-0.1, -0.05) is 44.2 Å². The van der Waals surface area contributed by atoms with Crippen molar-refractivity contribution in [3.63, 3.8) is 0 Å². The SMILES string of the molecule is CC(C)C[C@@H](N)C(=O)N[C@H](CO)c1ccccc1. The van der Waals surface area contributed by atoms with Gasteiger partial charge in [-0.25, -0.2) is 0 Å². The molecule has 1 amide bonds. The number of nitrogens with one attached hydrogen (secondary N) is 1. The van der Waals surface area contributed by atoms with E-state index in [2.05, 4.69) is 5.32 Å². The molecule has 1 aromatic carbocycles. The van der Waals surface area contributed by atoms with Crippen LogP contribution < -0.4 is 11.1 Å². The first-order valence-corrected chi connectivity index (χ1v) is 6.26. The van der Waals surface area contributed by atoms with Crippen LogP contribution in [0.2, 0.25) is 0 Å². The predicted molar refractivity (Wildman–Crippen MR) is 71.8 cm³/mol. The number of carbonyl (C=O) groups is 1. The standard InChI is InChI=1S/C14H22N2O2/c1-10(2)8-12(15)14(18)16-13(9-17)11-6-4-3-5-7-11/h3-7,10,12-13,17H,8-9,15H2,1-2H3,(H,16,18)/t12-,13-/m1/s1. The molecule has 4 heteroatoms. The first kappa shape index (κ1) is 14.7. The molecule has 0 spiro atoms. The molecule has 18 heavy (non-hydrogen) atoms. The summed E-state index contributed by atoms with van der Waals surface area (Å²) in [6.45, 7) is 3.91. The fourth-order valence-electron chi connectivity index (χ4n) is 1.81.